The number of nitrogen functional groups attached to an aromatic ring is 2. The first-order valence-corrected chi connectivity index (χ1v) is 8.32. The van der Waals surface area contributed by atoms with Crippen molar-refractivity contribution >= 4 is 29.1 Å². The van der Waals surface area contributed by atoms with Crippen LogP contribution in [0.4, 0.5) is 11.4 Å². The molecule has 2 rings (SSSR count). The molecule has 0 heterocycles. The van der Waals surface area contributed by atoms with Crippen LogP contribution in [0.2, 0.25) is 0 Å². The number of aromatic hydroxyl groups is 1. The number of rotatable bonds is 3. The summed E-state index contributed by atoms with van der Waals surface area (Å²) in [5.74, 6) is -0.000164. The summed E-state index contributed by atoms with van der Waals surface area (Å²) in [4.78, 5) is 0. The molecule has 4 nitrogen and oxygen atoms in total. The van der Waals surface area contributed by atoms with Gasteiger partial charge in [-0.2, -0.15) is 0 Å². The van der Waals surface area contributed by atoms with Crippen molar-refractivity contribution < 1.29 is 9.67 Å². The second kappa shape index (κ2) is 5.22. The van der Waals surface area contributed by atoms with E-state index in [9.17, 15) is 9.67 Å². The summed E-state index contributed by atoms with van der Waals surface area (Å²) in [5.41, 5.74) is 13.4. The van der Waals surface area contributed by atoms with Crippen molar-refractivity contribution in [3.05, 3.63) is 42.0 Å². The van der Waals surface area contributed by atoms with E-state index in [1.54, 1.807) is 18.2 Å². The highest BCUT2D eigenvalue weighted by atomic mass is 31.2. The Balaban J connectivity index is 2.60. The Morgan fingerprint density at radius 3 is 2.10 bits per heavy atom. The van der Waals surface area contributed by atoms with Crippen LogP contribution < -0.4 is 22.1 Å². The van der Waals surface area contributed by atoms with Crippen LogP contribution in [0.15, 0.2) is 36.4 Å². The average Bonchev–Trinajstić information content (AvgIpc) is 2.44. The molecule has 5 heteroatoms. The van der Waals surface area contributed by atoms with Gasteiger partial charge in [0.25, 0.3) is 0 Å². The van der Waals surface area contributed by atoms with Crippen LogP contribution in [0.1, 0.15) is 12.5 Å². The molecule has 2 aromatic carbocycles. The molecule has 1 unspecified atom stereocenters. The van der Waals surface area contributed by atoms with Gasteiger partial charge in [0.05, 0.1) is 5.69 Å². The van der Waals surface area contributed by atoms with Crippen molar-refractivity contribution in [1.82, 2.24) is 0 Å². The standard InChI is InChI=1S/C15H19N2O2P/c1-3-20(19,11-5-4-10(2)13(16)8-11)12-6-7-15(18)14(17)9-12/h4-9,18H,3,16-17H2,1-2H3. The number of phenolic OH excluding ortho intramolecular Hbond substituents is 1. The number of hydrogen-bond donors (Lipinski definition) is 3. The molecular formula is C15H19N2O2P. The highest BCUT2D eigenvalue weighted by Gasteiger charge is 2.26. The number of hydrogen-bond acceptors (Lipinski definition) is 4. The highest BCUT2D eigenvalue weighted by Crippen LogP contribution is 2.44. The van der Waals surface area contributed by atoms with Crippen LogP contribution >= 0.6 is 7.14 Å². The van der Waals surface area contributed by atoms with Crippen molar-refractivity contribution in [2.75, 3.05) is 17.6 Å². The maximum absolute atomic E-state index is 13.3. The van der Waals surface area contributed by atoms with E-state index in [-0.39, 0.29) is 11.4 Å². The number of benzene rings is 2. The van der Waals surface area contributed by atoms with E-state index in [1.807, 2.05) is 26.0 Å². The zero-order chi connectivity index (χ0) is 14.9. The minimum Gasteiger partial charge on any atom is -0.506 e. The van der Waals surface area contributed by atoms with Crippen molar-refractivity contribution in [3.63, 3.8) is 0 Å². The molecule has 0 aromatic heterocycles. The number of nitrogens with two attached hydrogens (primary N) is 2. The van der Waals surface area contributed by atoms with Gasteiger partial charge in [0.15, 0.2) is 0 Å². The molecule has 0 bridgehead atoms. The molecular weight excluding hydrogens is 271 g/mol. The van der Waals surface area contributed by atoms with Gasteiger partial charge in [-0.25, -0.2) is 0 Å². The Morgan fingerprint density at radius 2 is 1.60 bits per heavy atom. The third-order valence-electron chi connectivity index (χ3n) is 3.55. The van der Waals surface area contributed by atoms with Gasteiger partial charge in [0, 0.05) is 22.5 Å². The van der Waals surface area contributed by atoms with Gasteiger partial charge in [-0.05, 0) is 36.8 Å². The van der Waals surface area contributed by atoms with Gasteiger partial charge in [-0.3, -0.25) is 0 Å². The van der Waals surface area contributed by atoms with E-state index in [2.05, 4.69) is 0 Å². The van der Waals surface area contributed by atoms with E-state index >= 15 is 0 Å². The molecule has 20 heavy (non-hydrogen) atoms. The van der Waals surface area contributed by atoms with Gasteiger partial charge in [-0.1, -0.05) is 19.1 Å². The lowest BCUT2D eigenvalue weighted by atomic mass is 10.2. The van der Waals surface area contributed by atoms with Crippen molar-refractivity contribution in [2.24, 2.45) is 0 Å². The second-order valence-corrected chi connectivity index (χ2v) is 7.98. The van der Waals surface area contributed by atoms with Crippen LogP contribution in [0.25, 0.3) is 0 Å². The van der Waals surface area contributed by atoms with Crippen LogP contribution in [0.3, 0.4) is 0 Å². The zero-order valence-electron chi connectivity index (χ0n) is 11.6. The minimum atomic E-state index is -2.77. The van der Waals surface area contributed by atoms with Gasteiger partial charge in [0.1, 0.15) is 12.9 Å². The third kappa shape index (κ3) is 2.39. The summed E-state index contributed by atoms with van der Waals surface area (Å²) in [6.45, 7) is 3.79. The monoisotopic (exact) mass is 290 g/mol. The molecule has 0 fully saturated rings. The first kappa shape index (κ1) is 14.5. The maximum Gasteiger partial charge on any atom is 0.143 e. The second-order valence-electron chi connectivity index (χ2n) is 4.84. The molecule has 0 radical (unpaired) electrons. The van der Waals surface area contributed by atoms with Crippen LogP contribution in [0.5, 0.6) is 5.75 Å². The van der Waals surface area contributed by atoms with Gasteiger partial charge in [0.2, 0.25) is 0 Å². The molecule has 0 spiro atoms. The minimum absolute atomic E-state index is 0.000164. The maximum atomic E-state index is 13.3. The summed E-state index contributed by atoms with van der Waals surface area (Å²) in [6, 6.07) is 10.2. The SMILES string of the molecule is CCP(=O)(c1ccc(C)c(N)c1)c1ccc(O)c(N)c1. The Labute approximate surface area is 118 Å². The summed E-state index contributed by atoms with van der Waals surface area (Å²) < 4.78 is 13.3. The quantitative estimate of drug-likeness (QED) is 0.459. The molecule has 0 aliphatic rings. The molecule has 0 aliphatic heterocycles. The van der Waals surface area contributed by atoms with Crippen molar-refractivity contribution in [3.8, 4) is 5.75 Å². The summed E-state index contributed by atoms with van der Waals surface area (Å²) >= 11 is 0. The van der Waals surface area contributed by atoms with Crippen molar-refractivity contribution in [1.29, 1.82) is 0 Å². The molecule has 106 valence electrons. The number of aryl methyl sites for hydroxylation is 1. The molecule has 0 saturated heterocycles. The molecule has 0 saturated carbocycles. The summed E-state index contributed by atoms with van der Waals surface area (Å²) in [5, 5.41) is 10.9. The lowest BCUT2D eigenvalue weighted by Gasteiger charge is -2.19. The Bertz CT molecular complexity index is 643. The fraction of sp³-hybridized carbons (Fsp3) is 0.200. The van der Waals surface area contributed by atoms with Gasteiger partial charge >= 0.3 is 0 Å². The predicted molar refractivity (Wildman–Crippen MR) is 85.5 cm³/mol. The Kier molecular flexibility index (Phi) is 3.78. The smallest absolute Gasteiger partial charge is 0.143 e. The topological polar surface area (TPSA) is 89.3 Å². The van der Waals surface area contributed by atoms with E-state index in [0.717, 1.165) is 5.56 Å². The van der Waals surface area contributed by atoms with Gasteiger partial charge in [-0.15, -0.1) is 0 Å². The predicted octanol–water partition coefficient (Wildman–Crippen LogP) is 2.20. The molecule has 1 atom stereocenters. The Hall–Kier alpha value is -1.93. The largest absolute Gasteiger partial charge is 0.506 e. The van der Waals surface area contributed by atoms with Crippen molar-refractivity contribution in [2.45, 2.75) is 13.8 Å². The van der Waals surface area contributed by atoms with E-state index in [1.165, 1.54) is 6.07 Å². The highest BCUT2D eigenvalue weighted by molar-refractivity contribution is 7.78. The number of anilines is 2. The van der Waals surface area contributed by atoms with Crippen LogP contribution in [-0.2, 0) is 4.57 Å². The molecule has 0 amide bonds. The first-order chi connectivity index (χ1) is 9.38. The average molecular weight is 290 g/mol. The molecule has 2 aromatic rings. The fourth-order valence-electron chi connectivity index (χ4n) is 2.13. The molecule has 5 N–H and O–H groups in total. The Morgan fingerprint density at radius 1 is 1.05 bits per heavy atom. The zero-order valence-corrected chi connectivity index (χ0v) is 12.5. The summed E-state index contributed by atoms with van der Waals surface area (Å²) in [7, 11) is -2.77. The first-order valence-electron chi connectivity index (χ1n) is 6.43. The van der Waals surface area contributed by atoms with Gasteiger partial charge < -0.3 is 21.1 Å². The lowest BCUT2D eigenvalue weighted by Crippen LogP contribution is -2.19. The molecule has 0 aliphatic carbocycles. The number of phenols is 1. The van der Waals surface area contributed by atoms with E-state index in [4.69, 9.17) is 11.5 Å². The third-order valence-corrected chi connectivity index (χ3v) is 6.67. The summed E-state index contributed by atoms with van der Waals surface area (Å²) in [6.07, 6.45) is 0.472. The van der Waals surface area contributed by atoms with E-state index < -0.39 is 7.14 Å². The van der Waals surface area contributed by atoms with E-state index in [0.29, 0.717) is 22.5 Å². The van der Waals surface area contributed by atoms with Crippen LogP contribution in [0, 0.1) is 6.92 Å². The fourth-order valence-corrected chi connectivity index (χ4v) is 4.49. The lowest BCUT2D eigenvalue weighted by molar-refractivity contribution is 0.478. The normalized spacial score (nSPS) is 13.9. The van der Waals surface area contributed by atoms with Crippen LogP contribution in [-0.4, -0.2) is 11.3 Å².